The summed E-state index contributed by atoms with van der Waals surface area (Å²) in [5, 5.41) is 0. The molecule has 132 valence electrons. The summed E-state index contributed by atoms with van der Waals surface area (Å²) in [5.41, 5.74) is 2.91. The quantitative estimate of drug-likeness (QED) is 0.909. The number of anilines is 1. The Kier molecular flexibility index (Phi) is 4.62. The number of halogens is 1. The highest BCUT2D eigenvalue weighted by Gasteiger charge is 2.36. The van der Waals surface area contributed by atoms with E-state index in [1.165, 1.54) is 18.2 Å². The van der Waals surface area contributed by atoms with Gasteiger partial charge in [0.1, 0.15) is 16.8 Å². The minimum absolute atomic E-state index is 0.330. The van der Waals surface area contributed by atoms with Gasteiger partial charge in [0.25, 0.3) is 0 Å². The van der Waals surface area contributed by atoms with Gasteiger partial charge in [-0.05, 0) is 55.7 Å². The van der Waals surface area contributed by atoms with Crippen LogP contribution in [0.1, 0.15) is 17.5 Å². The standard InChI is InChI=1S/C18H19FN2O3S/c1-12-7-8-14(11-13(12)2)21-10-9-16(18(21)22)20-25(23,24)17-6-4-3-5-15(17)19/h3-8,11,16,20H,9-10H2,1-2H3/t16-/m0/s1. The minimum Gasteiger partial charge on any atom is -0.311 e. The average Bonchev–Trinajstić information content (AvgIpc) is 2.91. The number of carbonyl (C=O) groups is 1. The Bertz CT molecular complexity index is 928. The summed E-state index contributed by atoms with van der Waals surface area (Å²) < 4.78 is 40.8. The lowest BCUT2D eigenvalue weighted by atomic mass is 10.1. The van der Waals surface area contributed by atoms with Crippen molar-refractivity contribution in [3.8, 4) is 0 Å². The van der Waals surface area contributed by atoms with Crippen LogP contribution in [0.3, 0.4) is 0 Å². The van der Waals surface area contributed by atoms with Crippen molar-refractivity contribution in [2.45, 2.75) is 31.2 Å². The van der Waals surface area contributed by atoms with Gasteiger partial charge in [-0.15, -0.1) is 0 Å². The summed E-state index contributed by atoms with van der Waals surface area (Å²) in [6, 6.07) is 9.88. The summed E-state index contributed by atoms with van der Waals surface area (Å²) in [4.78, 5) is 13.7. The highest BCUT2D eigenvalue weighted by atomic mass is 32.2. The van der Waals surface area contributed by atoms with Gasteiger partial charge in [0.2, 0.25) is 15.9 Å². The molecule has 2 aromatic rings. The molecule has 3 rings (SSSR count). The van der Waals surface area contributed by atoms with Crippen molar-refractivity contribution in [2.75, 3.05) is 11.4 Å². The Morgan fingerprint density at radius 1 is 1.12 bits per heavy atom. The molecule has 5 nitrogen and oxygen atoms in total. The van der Waals surface area contributed by atoms with Crippen LogP contribution in [0, 0.1) is 19.7 Å². The van der Waals surface area contributed by atoms with E-state index in [4.69, 9.17) is 0 Å². The van der Waals surface area contributed by atoms with Crippen LogP contribution in [0.5, 0.6) is 0 Å². The molecule has 1 heterocycles. The van der Waals surface area contributed by atoms with E-state index in [2.05, 4.69) is 4.72 Å². The minimum atomic E-state index is -4.10. The Morgan fingerprint density at radius 2 is 1.84 bits per heavy atom. The molecule has 0 radical (unpaired) electrons. The number of rotatable bonds is 4. The lowest BCUT2D eigenvalue weighted by molar-refractivity contribution is -0.118. The predicted octanol–water partition coefficient (Wildman–Crippen LogP) is 2.53. The first-order valence-electron chi connectivity index (χ1n) is 7.95. The van der Waals surface area contributed by atoms with Crippen LogP contribution in [0.25, 0.3) is 0 Å². The van der Waals surface area contributed by atoms with Gasteiger partial charge in [-0.2, -0.15) is 4.72 Å². The van der Waals surface area contributed by atoms with Crippen LogP contribution in [-0.4, -0.2) is 26.9 Å². The maximum Gasteiger partial charge on any atom is 0.245 e. The average molecular weight is 362 g/mol. The molecule has 7 heteroatoms. The molecule has 25 heavy (non-hydrogen) atoms. The highest BCUT2D eigenvalue weighted by molar-refractivity contribution is 7.89. The number of aryl methyl sites for hydroxylation is 2. The van der Waals surface area contributed by atoms with Gasteiger partial charge in [0, 0.05) is 12.2 Å². The molecule has 0 bridgehead atoms. The van der Waals surface area contributed by atoms with Crippen molar-refractivity contribution in [1.82, 2.24) is 4.72 Å². The van der Waals surface area contributed by atoms with Gasteiger partial charge in [-0.25, -0.2) is 12.8 Å². The molecule has 0 unspecified atom stereocenters. The van der Waals surface area contributed by atoms with Crippen molar-refractivity contribution in [3.63, 3.8) is 0 Å². The van der Waals surface area contributed by atoms with Crippen LogP contribution >= 0.6 is 0 Å². The van der Waals surface area contributed by atoms with Gasteiger partial charge >= 0.3 is 0 Å². The van der Waals surface area contributed by atoms with E-state index in [1.54, 1.807) is 4.90 Å². The zero-order valence-corrected chi connectivity index (χ0v) is 14.8. The largest absolute Gasteiger partial charge is 0.311 e. The van der Waals surface area contributed by atoms with E-state index in [-0.39, 0.29) is 5.91 Å². The van der Waals surface area contributed by atoms with Crippen LogP contribution in [-0.2, 0) is 14.8 Å². The fraction of sp³-hybridized carbons (Fsp3) is 0.278. The number of nitrogens with zero attached hydrogens (tertiary/aromatic N) is 1. The summed E-state index contributed by atoms with van der Waals surface area (Å²) in [6.07, 6.45) is 0.333. The summed E-state index contributed by atoms with van der Waals surface area (Å²) >= 11 is 0. The van der Waals surface area contributed by atoms with Gasteiger partial charge in [-0.1, -0.05) is 18.2 Å². The first kappa shape index (κ1) is 17.6. The smallest absolute Gasteiger partial charge is 0.245 e. The topological polar surface area (TPSA) is 66.5 Å². The molecule has 1 atom stereocenters. The second kappa shape index (κ2) is 6.57. The molecule has 0 saturated carbocycles. The number of hydrogen-bond donors (Lipinski definition) is 1. The molecule has 0 aliphatic carbocycles. The molecule has 0 aromatic heterocycles. The van der Waals surface area contributed by atoms with Gasteiger partial charge in [0.15, 0.2) is 0 Å². The third kappa shape index (κ3) is 3.43. The van der Waals surface area contributed by atoms with Crippen molar-refractivity contribution >= 4 is 21.6 Å². The third-order valence-electron chi connectivity index (χ3n) is 4.43. The molecule has 1 saturated heterocycles. The van der Waals surface area contributed by atoms with Crippen LogP contribution in [0.4, 0.5) is 10.1 Å². The monoisotopic (exact) mass is 362 g/mol. The Hall–Kier alpha value is -2.25. The lowest BCUT2D eigenvalue weighted by Crippen LogP contribution is -2.41. The summed E-state index contributed by atoms with van der Waals surface area (Å²) in [6.45, 7) is 4.35. The van der Waals surface area contributed by atoms with Crippen molar-refractivity contribution in [3.05, 3.63) is 59.4 Å². The zero-order valence-electron chi connectivity index (χ0n) is 14.0. The maximum absolute atomic E-state index is 13.8. The predicted molar refractivity (Wildman–Crippen MR) is 93.4 cm³/mol. The molecular weight excluding hydrogens is 343 g/mol. The summed E-state index contributed by atoms with van der Waals surface area (Å²) in [7, 11) is -4.10. The van der Waals surface area contributed by atoms with Crippen molar-refractivity contribution in [2.24, 2.45) is 0 Å². The van der Waals surface area contributed by atoms with E-state index in [0.717, 1.165) is 22.9 Å². The maximum atomic E-state index is 13.8. The first-order valence-corrected chi connectivity index (χ1v) is 9.43. The Labute approximate surface area is 146 Å². The molecule has 1 aliphatic rings. The molecule has 1 aliphatic heterocycles. The SMILES string of the molecule is Cc1ccc(N2CC[C@H](NS(=O)(=O)c3ccccc3F)C2=O)cc1C. The second-order valence-corrected chi connectivity index (χ2v) is 7.83. The Balaban J connectivity index is 1.80. The van der Waals surface area contributed by atoms with E-state index in [1.807, 2.05) is 32.0 Å². The number of carbonyl (C=O) groups excluding carboxylic acids is 1. The summed E-state index contributed by atoms with van der Waals surface area (Å²) in [5.74, 6) is -1.17. The van der Waals surface area contributed by atoms with Crippen LogP contribution < -0.4 is 9.62 Å². The number of amides is 1. The number of sulfonamides is 1. The van der Waals surface area contributed by atoms with Crippen molar-refractivity contribution in [1.29, 1.82) is 0 Å². The number of nitrogens with one attached hydrogen (secondary N) is 1. The molecule has 1 N–H and O–H groups in total. The first-order chi connectivity index (χ1) is 11.8. The third-order valence-corrected chi connectivity index (χ3v) is 5.94. The van der Waals surface area contributed by atoms with Crippen molar-refractivity contribution < 1.29 is 17.6 Å². The zero-order chi connectivity index (χ0) is 18.2. The molecule has 1 fully saturated rings. The van der Waals surface area contributed by atoms with Gasteiger partial charge < -0.3 is 4.90 Å². The van der Waals surface area contributed by atoms with E-state index in [0.29, 0.717) is 13.0 Å². The van der Waals surface area contributed by atoms with E-state index >= 15 is 0 Å². The van der Waals surface area contributed by atoms with E-state index < -0.39 is 26.8 Å². The second-order valence-electron chi connectivity index (χ2n) is 6.15. The molecule has 2 aromatic carbocycles. The van der Waals surface area contributed by atoms with Gasteiger partial charge in [0.05, 0.1) is 0 Å². The molecule has 0 spiro atoms. The number of benzene rings is 2. The molecule has 1 amide bonds. The fourth-order valence-corrected chi connectivity index (χ4v) is 4.16. The molecular formula is C18H19FN2O3S. The normalized spacial score (nSPS) is 18.0. The Morgan fingerprint density at radius 3 is 2.52 bits per heavy atom. The number of hydrogen-bond acceptors (Lipinski definition) is 3. The van der Waals surface area contributed by atoms with Crippen LogP contribution in [0.15, 0.2) is 47.4 Å². The lowest BCUT2D eigenvalue weighted by Gasteiger charge is -2.18. The fourth-order valence-electron chi connectivity index (χ4n) is 2.85. The highest BCUT2D eigenvalue weighted by Crippen LogP contribution is 2.25. The van der Waals surface area contributed by atoms with Gasteiger partial charge in [-0.3, -0.25) is 4.79 Å². The van der Waals surface area contributed by atoms with Crippen LogP contribution in [0.2, 0.25) is 0 Å². The van der Waals surface area contributed by atoms with E-state index in [9.17, 15) is 17.6 Å².